The maximum atomic E-state index is 12.5. The summed E-state index contributed by atoms with van der Waals surface area (Å²) in [5.74, 6) is -0.334. The molecule has 24 heavy (non-hydrogen) atoms. The predicted molar refractivity (Wildman–Crippen MR) is 94.3 cm³/mol. The molecular weight excluding hydrogens is 304 g/mol. The van der Waals surface area contributed by atoms with Gasteiger partial charge in [0.25, 0.3) is 11.8 Å². The SMILES string of the molecule is CC(N)C(=O)Nn1ccc2ccc(C(=O)NC3CCCCC3)cc21. The highest BCUT2D eigenvalue weighted by molar-refractivity contribution is 5.99. The molecule has 1 heterocycles. The summed E-state index contributed by atoms with van der Waals surface area (Å²) in [6.45, 7) is 1.63. The van der Waals surface area contributed by atoms with E-state index in [1.54, 1.807) is 23.9 Å². The molecule has 1 aliphatic carbocycles. The van der Waals surface area contributed by atoms with Gasteiger partial charge in [0.1, 0.15) is 0 Å². The van der Waals surface area contributed by atoms with Crippen molar-refractivity contribution in [3.05, 3.63) is 36.0 Å². The molecule has 2 aromatic rings. The third kappa shape index (κ3) is 3.59. The maximum Gasteiger partial charge on any atom is 0.255 e. The molecule has 3 rings (SSSR count). The lowest BCUT2D eigenvalue weighted by Crippen LogP contribution is -2.37. The van der Waals surface area contributed by atoms with Gasteiger partial charge in [-0.25, -0.2) is 0 Å². The fourth-order valence-electron chi connectivity index (χ4n) is 3.10. The Bertz CT molecular complexity index is 745. The van der Waals surface area contributed by atoms with E-state index in [2.05, 4.69) is 10.7 Å². The Balaban J connectivity index is 1.79. The summed E-state index contributed by atoms with van der Waals surface area (Å²) in [5.41, 5.74) is 9.70. The van der Waals surface area contributed by atoms with Crippen molar-refractivity contribution in [2.45, 2.75) is 51.1 Å². The van der Waals surface area contributed by atoms with E-state index in [4.69, 9.17) is 5.73 Å². The summed E-state index contributed by atoms with van der Waals surface area (Å²) < 4.78 is 1.61. The van der Waals surface area contributed by atoms with E-state index in [1.165, 1.54) is 19.3 Å². The van der Waals surface area contributed by atoms with Gasteiger partial charge < -0.3 is 11.1 Å². The molecule has 0 saturated heterocycles. The molecule has 1 unspecified atom stereocenters. The minimum absolute atomic E-state index is 0.0601. The third-order valence-corrected chi connectivity index (χ3v) is 4.54. The van der Waals surface area contributed by atoms with Gasteiger partial charge in [-0.2, -0.15) is 0 Å². The first-order valence-corrected chi connectivity index (χ1v) is 8.53. The van der Waals surface area contributed by atoms with Crippen LogP contribution in [0.15, 0.2) is 30.5 Å². The van der Waals surface area contributed by atoms with Crippen molar-refractivity contribution in [3.8, 4) is 0 Å². The normalized spacial score (nSPS) is 16.8. The molecule has 0 spiro atoms. The second-order valence-electron chi connectivity index (χ2n) is 6.53. The number of rotatable bonds is 4. The van der Waals surface area contributed by atoms with E-state index in [9.17, 15) is 9.59 Å². The van der Waals surface area contributed by atoms with E-state index >= 15 is 0 Å². The van der Waals surface area contributed by atoms with Crippen molar-refractivity contribution in [3.63, 3.8) is 0 Å². The summed E-state index contributed by atoms with van der Waals surface area (Å²) >= 11 is 0. The van der Waals surface area contributed by atoms with Crippen molar-refractivity contribution in [2.24, 2.45) is 5.73 Å². The van der Waals surface area contributed by atoms with Crippen LogP contribution in [0.1, 0.15) is 49.4 Å². The number of fused-ring (bicyclic) bond motifs is 1. The highest BCUT2D eigenvalue weighted by atomic mass is 16.2. The van der Waals surface area contributed by atoms with Gasteiger partial charge in [0.05, 0.1) is 11.6 Å². The van der Waals surface area contributed by atoms with Crippen LogP contribution in [0.25, 0.3) is 10.9 Å². The molecule has 6 nitrogen and oxygen atoms in total. The van der Waals surface area contributed by atoms with Crippen LogP contribution in [0.4, 0.5) is 0 Å². The van der Waals surface area contributed by atoms with E-state index in [1.807, 2.05) is 18.2 Å². The molecule has 2 amide bonds. The number of nitrogens with one attached hydrogen (secondary N) is 2. The largest absolute Gasteiger partial charge is 0.349 e. The first kappa shape index (κ1) is 16.5. The molecule has 1 aromatic carbocycles. The monoisotopic (exact) mass is 328 g/mol. The van der Waals surface area contributed by atoms with Crippen molar-refractivity contribution in [1.82, 2.24) is 9.99 Å². The Hall–Kier alpha value is -2.34. The van der Waals surface area contributed by atoms with Gasteiger partial charge in [-0.1, -0.05) is 25.3 Å². The van der Waals surface area contributed by atoms with E-state index in [-0.39, 0.29) is 17.9 Å². The Kier molecular flexibility index (Phi) is 4.85. The Morgan fingerprint density at radius 1 is 1.21 bits per heavy atom. The Morgan fingerprint density at radius 2 is 1.96 bits per heavy atom. The molecule has 1 fully saturated rings. The zero-order chi connectivity index (χ0) is 17.1. The lowest BCUT2D eigenvalue weighted by Gasteiger charge is -2.22. The fourth-order valence-corrected chi connectivity index (χ4v) is 3.10. The van der Waals surface area contributed by atoms with E-state index in [0.29, 0.717) is 5.56 Å². The number of aromatic nitrogens is 1. The number of carbonyl (C=O) groups excluding carboxylic acids is 2. The predicted octanol–water partition coefficient (Wildman–Crippen LogP) is 2.12. The highest BCUT2D eigenvalue weighted by Crippen LogP contribution is 2.20. The van der Waals surface area contributed by atoms with Gasteiger partial charge in [-0.3, -0.25) is 19.7 Å². The van der Waals surface area contributed by atoms with Crippen LogP contribution >= 0.6 is 0 Å². The number of benzene rings is 1. The number of amides is 2. The number of carbonyl (C=O) groups is 2. The average Bonchev–Trinajstić information content (AvgIpc) is 2.98. The summed E-state index contributed by atoms with van der Waals surface area (Å²) in [5, 5.41) is 4.07. The van der Waals surface area contributed by atoms with Crippen LogP contribution in [0, 0.1) is 0 Å². The minimum atomic E-state index is -0.597. The minimum Gasteiger partial charge on any atom is -0.349 e. The third-order valence-electron chi connectivity index (χ3n) is 4.54. The van der Waals surface area contributed by atoms with Crippen LogP contribution in [0.5, 0.6) is 0 Å². The maximum absolute atomic E-state index is 12.5. The number of hydrogen-bond donors (Lipinski definition) is 3. The number of nitrogens with zero attached hydrogens (tertiary/aromatic N) is 1. The van der Waals surface area contributed by atoms with E-state index < -0.39 is 6.04 Å². The lowest BCUT2D eigenvalue weighted by atomic mass is 9.95. The van der Waals surface area contributed by atoms with Crippen LogP contribution in [0.3, 0.4) is 0 Å². The molecule has 1 aromatic heterocycles. The summed E-state index contributed by atoms with van der Waals surface area (Å²) in [4.78, 5) is 24.3. The van der Waals surface area contributed by atoms with Crippen molar-refractivity contribution < 1.29 is 9.59 Å². The summed E-state index contributed by atoms with van der Waals surface area (Å²) in [7, 11) is 0. The zero-order valence-electron chi connectivity index (χ0n) is 13.9. The van der Waals surface area contributed by atoms with Gasteiger partial charge in [0.15, 0.2) is 0 Å². The topological polar surface area (TPSA) is 89.2 Å². The molecular formula is C18H24N4O2. The second-order valence-corrected chi connectivity index (χ2v) is 6.53. The van der Waals surface area contributed by atoms with Crippen LogP contribution in [0.2, 0.25) is 0 Å². The van der Waals surface area contributed by atoms with Crippen LogP contribution in [-0.4, -0.2) is 28.6 Å². The molecule has 0 aliphatic heterocycles. The van der Waals surface area contributed by atoms with E-state index in [0.717, 1.165) is 23.7 Å². The zero-order valence-corrected chi connectivity index (χ0v) is 13.9. The Labute approximate surface area is 141 Å². The highest BCUT2D eigenvalue weighted by Gasteiger charge is 2.17. The average molecular weight is 328 g/mol. The summed E-state index contributed by atoms with van der Waals surface area (Å²) in [6, 6.07) is 7.07. The molecule has 4 N–H and O–H groups in total. The molecule has 1 aliphatic rings. The van der Waals surface area contributed by atoms with Crippen LogP contribution < -0.4 is 16.5 Å². The van der Waals surface area contributed by atoms with Crippen molar-refractivity contribution in [1.29, 1.82) is 0 Å². The second kappa shape index (κ2) is 7.05. The number of hydrogen-bond acceptors (Lipinski definition) is 3. The van der Waals surface area contributed by atoms with Crippen LogP contribution in [-0.2, 0) is 4.79 Å². The van der Waals surface area contributed by atoms with Gasteiger partial charge >= 0.3 is 0 Å². The van der Waals surface area contributed by atoms with Crippen molar-refractivity contribution >= 4 is 22.7 Å². The Morgan fingerprint density at radius 3 is 2.67 bits per heavy atom. The molecule has 128 valence electrons. The van der Waals surface area contributed by atoms with Gasteiger partial charge in [0.2, 0.25) is 0 Å². The first-order chi connectivity index (χ1) is 11.5. The first-order valence-electron chi connectivity index (χ1n) is 8.53. The molecule has 6 heteroatoms. The molecule has 0 radical (unpaired) electrons. The molecule has 1 atom stereocenters. The summed E-state index contributed by atoms with van der Waals surface area (Å²) in [6.07, 6.45) is 7.47. The van der Waals surface area contributed by atoms with Gasteiger partial charge in [-0.15, -0.1) is 0 Å². The van der Waals surface area contributed by atoms with Gasteiger partial charge in [-0.05, 0) is 38.0 Å². The lowest BCUT2D eigenvalue weighted by molar-refractivity contribution is -0.117. The fraction of sp³-hybridized carbons (Fsp3) is 0.444. The smallest absolute Gasteiger partial charge is 0.255 e. The molecule has 1 saturated carbocycles. The van der Waals surface area contributed by atoms with Crippen molar-refractivity contribution in [2.75, 3.05) is 5.43 Å². The van der Waals surface area contributed by atoms with Gasteiger partial charge in [0, 0.05) is 23.2 Å². The quantitative estimate of drug-likeness (QED) is 0.803. The molecule has 0 bridgehead atoms. The standard InChI is InChI=1S/C18H24N4O2/c1-12(19)17(23)21-22-10-9-13-7-8-14(11-16(13)22)18(24)20-15-5-3-2-4-6-15/h7-12,15H,2-6,19H2,1H3,(H,20,24)(H,21,23). The number of nitrogens with two attached hydrogens (primary N) is 1.